The molecule has 7 nitrogen and oxygen atoms in total. The number of rotatable bonds is 3. The number of carboxylic acid groups (broad SMARTS) is 1. The van der Waals surface area contributed by atoms with Gasteiger partial charge in [-0.2, -0.15) is 10.2 Å². The minimum Gasteiger partial charge on any atom is -0.478 e. The number of nitrogens with zero attached hydrogens (tertiary/aromatic N) is 4. The van der Waals surface area contributed by atoms with Gasteiger partial charge in [-0.3, -0.25) is 4.98 Å². The molecule has 7 heteroatoms. The van der Waals surface area contributed by atoms with Gasteiger partial charge in [0, 0.05) is 12.4 Å². The molecule has 0 aromatic carbocycles. The summed E-state index contributed by atoms with van der Waals surface area (Å²) in [7, 11) is 0. The number of aromatic carboxylic acids is 1. The summed E-state index contributed by atoms with van der Waals surface area (Å²) in [6, 6.07) is 4.43. The Kier molecular flexibility index (Phi) is 3.11. The fourth-order valence-electron chi connectivity index (χ4n) is 1.19. The van der Waals surface area contributed by atoms with Crippen molar-refractivity contribution in [2.75, 3.05) is 0 Å². The summed E-state index contributed by atoms with van der Waals surface area (Å²) in [6.45, 7) is 0. The molecule has 0 fully saturated rings. The average molecular weight is 242 g/mol. The molecule has 1 N–H and O–H groups in total. The molecule has 2 aromatic rings. The maximum atomic E-state index is 10.9. The van der Waals surface area contributed by atoms with Crippen LogP contribution in [0.4, 0.5) is 0 Å². The minimum atomic E-state index is -1.15. The zero-order valence-corrected chi connectivity index (χ0v) is 8.94. The summed E-state index contributed by atoms with van der Waals surface area (Å²) in [5.74, 6) is -1.14. The van der Waals surface area contributed by atoms with Crippen LogP contribution in [0.3, 0.4) is 0 Å². The van der Waals surface area contributed by atoms with Crippen LogP contribution in [-0.2, 0) is 0 Å². The molecule has 0 saturated heterocycles. The van der Waals surface area contributed by atoms with Crippen molar-refractivity contribution in [2.24, 2.45) is 0 Å². The summed E-state index contributed by atoms with van der Waals surface area (Å²) < 4.78 is 5.20. The molecule has 0 aliphatic heterocycles. The SMILES string of the molecule is N#Cc1ccnc(Oc2cnccc2C(=O)O)n1. The maximum absolute atomic E-state index is 10.9. The number of ether oxygens (including phenoxy) is 1. The standard InChI is InChI=1S/C11H6N4O3/c12-5-7-1-4-14-11(15-7)18-9-6-13-3-2-8(9)10(16)17/h1-4,6H,(H,16,17). The van der Waals surface area contributed by atoms with Gasteiger partial charge in [-0.15, -0.1) is 0 Å². The Labute approximate surface area is 101 Å². The van der Waals surface area contributed by atoms with E-state index in [9.17, 15) is 4.79 Å². The van der Waals surface area contributed by atoms with Crippen molar-refractivity contribution >= 4 is 5.97 Å². The van der Waals surface area contributed by atoms with Crippen LogP contribution in [0.5, 0.6) is 11.8 Å². The second-order valence-electron chi connectivity index (χ2n) is 3.12. The lowest BCUT2D eigenvalue weighted by atomic mass is 10.2. The topological polar surface area (TPSA) is 109 Å². The van der Waals surface area contributed by atoms with E-state index in [2.05, 4.69) is 15.0 Å². The smallest absolute Gasteiger partial charge is 0.339 e. The van der Waals surface area contributed by atoms with Crippen molar-refractivity contribution in [1.82, 2.24) is 15.0 Å². The minimum absolute atomic E-state index is 0.0140. The van der Waals surface area contributed by atoms with E-state index in [0.29, 0.717) is 0 Å². The average Bonchev–Trinajstić information content (AvgIpc) is 2.39. The maximum Gasteiger partial charge on any atom is 0.339 e. The summed E-state index contributed by atoms with van der Waals surface area (Å²) in [5.41, 5.74) is 0.0664. The number of pyridine rings is 1. The Hall–Kier alpha value is -3.01. The highest BCUT2D eigenvalue weighted by molar-refractivity contribution is 5.90. The molecule has 0 atom stereocenters. The molecule has 88 valence electrons. The second kappa shape index (κ2) is 4.88. The van der Waals surface area contributed by atoms with E-state index in [4.69, 9.17) is 15.1 Å². The Morgan fingerprint density at radius 3 is 2.94 bits per heavy atom. The number of nitriles is 1. The third-order valence-electron chi connectivity index (χ3n) is 1.96. The molecule has 18 heavy (non-hydrogen) atoms. The third-order valence-corrected chi connectivity index (χ3v) is 1.96. The van der Waals surface area contributed by atoms with Crippen LogP contribution in [-0.4, -0.2) is 26.0 Å². The first kappa shape index (κ1) is 11.5. The quantitative estimate of drug-likeness (QED) is 0.861. The van der Waals surface area contributed by atoms with E-state index in [1.54, 1.807) is 0 Å². The normalized spacial score (nSPS) is 9.50. The van der Waals surface area contributed by atoms with Crippen molar-refractivity contribution in [3.63, 3.8) is 0 Å². The van der Waals surface area contributed by atoms with Crippen LogP contribution in [0.1, 0.15) is 16.1 Å². The summed E-state index contributed by atoms with van der Waals surface area (Å²) in [6.07, 6.45) is 3.92. The lowest BCUT2D eigenvalue weighted by Crippen LogP contribution is -2.02. The number of hydrogen-bond donors (Lipinski definition) is 1. The first-order valence-corrected chi connectivity index (χ1v) is 4.79. The Bertz CT molecular complexity index is 636. The second-order valence-corrected chi connectivity index (χ2v) is 3.12. The van der Waals surface area contributed by atoms with E-state index in [-0.39, 0.29) is 23.0 Å². The van der Waals surface area contributed by atoms with Gasteiger partial charge < -0.3 is 9.84 Å². The molecule has 0 unspecified atom stereocenters. The predicted octanol–water partition coefficient (Wildman–Crippen LogP) is 1.23. The van der Waals surface area contributed by atoms with Gasteiger partial charge in [0.05, 0.1) is 6.20 Å². The van der Waals surface area contributed by atoms with Crippen molar-refractivity contribution in [1.29, 1.82) is 5.26 Å². The number of carbonyl (C=O) groups is 1. The molecule has 2 aromatic heterocycles. The van der Waals surface area contributed by atoms with Gasteiger partial charge in [0.25, 0.3) is 0 Å². The fraction of sp³-hybridized carbons (Fsp3) is 0. The number of hydrogen-bond acceptors (Lipinski definition) is 6. The van der Waals surface area contributed by atoms with Crippen molar-refractivity contribution < 1.29 is 14.6 Å². The first-order valence-electron chi connectivity index (χ1n) is 4.79. The van der Waals surface area contributed by atoms with Crippen molar-refractivity contribution in [2.45, 2.75) is 0 Å². The Morgan fingerprint density at radius 2 is 2.22 bits per heavy atom. The largest absolute Gasteiger partial charge is 0.478 e. The lowest BCUT2D eigenvalue weighted by molar-refractivity contribution is 0.0694. The highest BCUT2D eigenvalue weighted by atomic mass is 16.5. The molecule has 0 saturated carbocycles. The van der Waals surface area contributed by atoms with Crippen LogP contribution in [0.2, 0.25) is 0 Å². The van der Waals surface area contributed by atoms with E-state index in [1.807, 2.05) is 6.07 Å². The molecule has 0 aliphatic rings. The highest BCUT2D eigenvalue weighted by Crippen LogP contribution is 2.21. The molecule has 2 rings (SSSR count). The first-order chi connectivity index (χ1) is 8.70. The molecular weight excluding hydrogens is 236 g/mol. The van der Waals surface area contributed by atoms with Crippen molar-refractivity contribution in [3.8, 4) is 17.8 Å². The van der Waals surface area contributed by atoms with E-state index in [1.165, 1.54) is 30.7 Å². The molecular formula is C11H6N4O3. The zero-order chi connectivity index (χ0) is 13.0. The molecule has 0 spiro atoms. The van der Waals surface area contributed by atoms with Crippen LogP contribution in [0.15, 0.2) is 30.7 Å². The van der Waals surface area contributed by atoms with Crippen LogP contribution in [0, 0.1) is 11.3 Å². The van der Waals surface area contributed by atoms with E-state index < -0.39 is 5.97 Å². The number of aromatic nitrogens is 3. The molecule has 2 heterocycles. The van der Waals surface area contributed by atoms with Crippen LogP contribution >= 0.6 is 0 Å². The number of carboxylic acids is 1. The molecule has 0 bridgehead atoms. The van der Waals surface area contributed by atoms with Gasteiger partial charge >= 0.3 is 12.0 Å². The Morgan fingerprint density at radius 1 is 1.39 bits per heavy atom. The van der Waals surface area contributed by atoms with Gasteiger partial charge in [0.15, 0.2) is 5.75 Å². The monoisotopic (exact) mass is 242 g/mol. The van der Waals surface area contributed by atoms with E-state index >= 15 is 0 Å². The molecule has 0 radical (unpaired) electrons. The van der Waals surface area contributed by atoms with Crippen LogP contribution < -0.4 is 4.74 Å². The third kappa shape index (κ3) is 2.38. The van der Waals surface area contributed by atoms with Gasteiger partial charge in [0.2, 0.25) is 0 Å². The van der Waals surface area contributed by atoms with Crippen LogP contribution in [0.25, 0.3) is 0 Å². The zero-order valence-electron chi connectivity index (χ0n) is 8.94. The van der Waals surface area contributed by atoms with Crippen molar-refractivity contribution in [3.05, 3.63) is 42.0 Å². The predicted molar refractivity (Wildman–Crippen MR) is 58.0 cm³/mol. The van der Waals surface area contributed by atoms with Gasteiger partial charge in [-0.05, 0) is 12.1 Å². The molecule has 0 amide bonds. The lowest BCUT2D eigenvalue weighted by Gasteiger charge is -2.05. The Balaban J connectivity index is 2.34. The van der Waals surface area contributed by atoms with Gasteiger partial charge in [-0.25, -0.2) is 9.78 Å². The van der Waals surface area contributed by atoms with E-state index in [0.717, 1.165) is 0 Å². The summed E-state index contributed by atoms with van der Waals surface area (Å²) >= 11 is 0. The highest BCUT2D eigenvalue weighted by Gasteiger charge is 2.12. The summed E-state index contributed by atoms with van der Waals surface area (Å²) in [5, 5.41) is 17.6. The summed E-state index contributed by atoms with van der Waals surface area (Å²) in [4.78, 5) is 22.2. The van der Waals surface area contributed by atoms with Gasteiger partial charge in [-0.1, -0.05) is 0 Å². The molecule has 0 aliphatic carbocycles. The fourth-order valence-corrected chi connectivity index (χ4v) is 1.19. The van der Waals surface area contributed by atoms with Gasteiger partial charge in [0.1, 0.15) is 17.3 Å².